The minimum atomic E-state index is -0.0163. The van der Waals surface area contributed by atoms with Gasteiger partial charge < -0.3 is 15.1 Å². The van der Waals surface area contributed by atoms with E-state index in [-0.39, 0.29) is 5.91 Å². The second-order valence-electron chi connectivity index (χ2n) is 6.84. The lowest BCUT2D eigenvalue weighted by Gasteiger charge is -2.33. The summed E-state index contributed by atoms with van der Waals surface area (Å²) in [5, 5.41) is 2.93. The van der Waals surface area contributed by atoms with Crippen molar-refractivity contribution in [2.24, 2.45) is 0 Å². The number of amides is 1. The number of hydrogen-bond donors (Lipinski definition) is 1. The highest BCUT2D eigenvalue weighted by molar-refractivity contribution is 5.92. The van der Waals surface area contributed by atoms with Gasteiger partial charge in [0.25, 0.3) is 0 Å². The van der Waals surface area contributed by atoms with E-state index in [0.29, 0.717) is 6.42 Å². The summed E-state index contributed by atoms with van der Waals surface area (Å²) in [6.07, 6.45) is 2.12. The molecule has 2 heterocycles. The van der Waals surface area contributed by atoms with Crippen LogP contribution in [-0.2, 0) is 11.2 Å². The molecule has 1 aliphatic heterocycles. The van der Waals surface area contributed by atoms with Crippen LogP contribution in [0.5, 0.6) is 0 Å². The first kappa shape index (κ1) is 17.4. The maximum atomic E-state index is 12.2. The molecule has 0 aliphatic carbocycles. The molecule has 1 aliphatic rings. The number of nitrogens with zero attached hydrogens (tertiary/aromatic N) is 3. The number of pyridine rings is 1. The molecule has 1 amide bonds. The summed E-state index contributed by atoms with van der Waals surface area (Å²) in [5.74, 6) is 0.956. The third-order valence-corrected chi connectivity index (χ3v) is 4.79. The Bertz CT molecular complexity index is 734. The van der Waals surface area contributed by atoms with Crippen molar-refractivity contribution < 1.29 is 4.79 Å². The van der Waals surface area contributed by atoms with Gasteiger partial charge in [-0.05, 0) is 49.7 Å². The Kier molecular flexibility index (Phi) is 5.34. The van der Waals surface area contributed by atoms with Crippen LogP contribution in [0.2, 0.25) is 0 Å². The lowest BCUT2D eigenvalue weighted by Crippen LogP contribution is -2.44. The predicted octanol–water partition coefficient (Wildman–Crippen LogP) is 2.63. The molecule has 0 bridgehead atoms. The monoisotopic (exact) mass is 338 g/mol. The van der Waals surface area contributed by atoms with Crippen LogP contribution in [0.3, 0.4) is 0 Å². The van der Waals surface area contributed by atoms with Gasteiger partial charge in [-0.2, -0.15) is 0 Å². The van der Waals surface area contributed by atoms with Crippen LogP contribution in [0.1, 0.15) is 16.7 Å². The van der Waals surface area contributed by atoms with Gasteiger partial charge in [-0.3, -0.25) is 4.79 Å². The van der Waals surface area contributed by atoms with Gasteiger partial charge in [0, 0.05) is 26.2 Å². The molecule has 5 nitrogen and oxygen atoms in total. The number of carbonyl (C=O) groups excluding carboxylic acids is 1. The number of carbonyl (C=O) groups is 1. The number of piperazine rings is 1. The number of hydrogen-bond acceptors (Lipinski definition) is 4. The molecule has 0 atom stereocenters. The summed E-state index contributed by atoms with van der Waals surface area (Å²) in [7, 11) is 2.14. The average Bonchev–Trinajstić information content (AvgIpc) is 2.60. The van der Waals surface area contributed by atoms with Crippen molar-refractivity contribution in [2.45, 2.75) is 20.3 Å². The van der Waals surface area contributed by atoms with Crippen LogP contribution in [0.25, 0.3) is 0 Å². The zero-order chi connectivity index (χ0) is 17.8. The van der Waals surface area contributed by atoms with E-state index >= 15 is 0 Å². The van der Waals surface area contributed by atoms with Crippen molar-refractivity contribution in [1.82, 2.24) is 9.88 Å². The fourth-order valence-electron chi connectivity index (χ4n) is 2.99. The van der Waals surface area contributed by atoms with E-state index in [9.17, 15) is 4.79 Å². The fourth-order valence-corrected chi connectivity index (χ4v) is 2.99. The van der Waals surface area contributed by atoms with Crippen molar-refractivity contribution in [3.8, 4) is 0 Å². The minimum Gasteiger partial charge on any atom is -0.354 e. The first-order valence-electron chi connectivity index (χ1n) is 8.77. The summed E-state index contributed by atoms with van der Waals surface area (Å²) in [6.45, 7) is 8.22. The van der Waals surface area contributed by atoms with Crippen molar-refractivity contribution in [3.05, 3.63) is 53.2 Å². The Morgan fingerprint density at radius 3 is 2.48 bits per heavy atom. The number of nitrogens with one attached hydrogen (secondary N) is 1. The van der Waals surface area contributed by atoms with Crippen LogP contribution in [-0.4, -0.2) is 49.0 Å². The number of benzene rings is 1. The molecule has 132 valence electrons. The first-order valence-corrected chi connectivity index (χ1v) is 8.77. The Hall–Kier alpha value is -2.40. The molecule has 3 rings (SSSR count). The predicted molar refractivity (Wildman–Crippen MR) is 102 cm³/mol. The summed E-state index contributed by atoms with van der Waals surface area (Å²) in [6, 6.07) is 10.1. The lowest BCUT2D eigenvalue weighted by molar-refractivity contribution is -0.115. The lowest BCUT2D eigenvalue weighted by atomic mass is 10.0. The second kappa shape index (κ2) is 7.66. The van der Waals surface area contributed by atoms with Gasteiger partial charge in [0.1, 0.15) is 5.82 Å². The highest BCUT2D eigenvalue weighted by Crippen LogP contribution is 2.16. The first-order chi connectivity index (χ1) is 12.0. The average molecular weight is 338 g/mol. The molecule has 5 heteroatoms. The topological polar surface area (TPSA) is 48.5 Å². The van der Waals surface area contributed by atoms with E-state index in [4.69, 9.17) is 0 Å². The zero-order valence-corrected chi connectivity index (χ0v) is 15.2. The van der Waals surface area contributed by atoms with Gasteiger partial charge in [-0.15, -0.1) is 0 Å². The Balaban J connectivity index is 1.57. The van der Waals surface area contributed by atoms with Gasteiger partial charge in [0.2, 0.25) is 5.91 Å². The fraction of sp³-hybridized carbons (Fsp3) is 0.400. The molecule has 1 fully saturated rings. The maximum Gasteiger partial charge on any atom is 0.228 e. The molecule has 0 unspecified atom stereocenters. The number of aromatic nitrogens is 1. The quantitative estimate of drug-likeness (QED) is 0.931. The molecule has 1 saturated heterocycles. The molecule has 25 heavy (non-hydrogen) atoms. The van der Waals surface area contributed by atoms with Crippen molar-refractivity contribution in [1.29, 1.82) is 0 Å². The van der Waals surface area contributed by atoms with Gasteiger partial charge >= 0.3 is 0 Å². The maximum absolute atomic E-state index is 12.2. The summed E-state index contributed by atoms with van der Waals surface area (Å²) in [5.41, 5.74) is 4.23. The Morgan fingerprint density at radius 2 is 1.84 bits per heavy atom. The summed E-state index contributed by atoms with van der Waals surface area (Å²) >= 11 is 0. The number of anilines is 2. The standard InChI is InChI=1S/C20H26N4O/c1-15-4-5-17(12-16(15)2)13-20(25)22-18-6-7-19(21-14-18)24-10-8-23(3)9-11-24/h4-7,12,14H,8-11,13H2,1-3H3,(H,22,25). The van der Waals surface area contributed by atoms with Gasteiger partial charge in [0.15, 0.2) is 0 Å². The third kappa shape index (κ3) is 4.57. The van der Waals surface area contributed by atoms with E-state index in [1.165, 1.54) is 11.1 Å². The molecule has 2 aromatic rings. The molecule has 1 aromatic heterocycles. The number of rotatable bonds is 4. The molecular formula is C20H26N4O. The Labute approximate surface area is 149 Å². The van der Waals surface area contributed by atoms with E-state index in [1.54, 1.807) is 6.20 Å². The van der Waals surface area contributed by atoms with Gasteiger partial charge in [-0.1, -0.05) is 18.2 Å². The van der Waals surface area contributed by atoms with Crippen LogP contribution < -0.4 is 10.2 Å². The van der Waals surface area contributed by atoms with Crippen LogP contribution in [0, 0.1) is 13.8 Å². The SMILES string of the molecule is Cc1ccc(CC(=O)Nc2ccc(N3CCN(C)CC3)nc2)cc1C. The Morgan fingerprint density at radius 1 is 1.08 bits per heavy atom. The number of aryl methyl sites for hydroxylation is 2. The van der Waals surface area contributed by atoms with Crippen LogP contribution in [0.4, 0.5) is 11.5 Å². The number of likely N-dealkylation sites (N-methyl/N-ethyl adjacent to an activating group) is 1. The van der Waals surface area contributed by atoms with Gasteiger partial charge in [-0.25, -0.2) is 4.98 Å². The van der Waals surface area contributed by atoms with Crippen molar-refractivity contribution >= 4 is 17.4 Å². The molecule has 0 saturated carbocycles. The minimum absolute atomic E-state index is 0.0163. The third-order valence-electron chi connectivity index (χ3n) is 4.79. The normalized spacial score (nSPS) is 15.2. The molecule has 0 radical (unpaired) electrons. The smallest absolute Gasteiger partial charge is 0.228 e. The van der Waals surface area contributed by atoms with E-state index < -0.39 is 0 Å². The van der Waals surface area contributed by atoms with Gasteiger partial charge in [0.05, 0.1) is 18.3 Å². The summed E-state index contributed by atoms with van der Waals surface area (Å²) < 4.78 is 0. The second-order valence-corrected chi connectivity index (χ2v) is 6.84. The van der Waals surface area contributed by atoms with Crippen LogP contribution in [0.15, 0.2) is 36.5 Å². The van der Waals surface area contributed by atoms with E-state index in [1.807, 2.05) is 18.2 Å². The van der Waals surface area contributed by atoms with Crippen molar-refractivity contribution in [3.63, 3.8) is 0 Å². The summed E-state index contributed by atoms with van der Waals surface area (Å²) in [4.78, 5) is 21.3. The highest BCUT2D eigenvalue weighted by atomic mass is 16.1. The molecular weight excluding hydrogens is 312 g/mol. The van der Waals surface area contributed by atoms with Crippen LogP contribution >= 0.6 is 0 Å². The van der Waals surface area contributed by atoms with Crippen molar-refractivity contribution in [2.75, 3.05) is 43.4 Å². The van der Waals surface area contributed by atoms with E-state index in [0.717, 1.165) is 43.2 Å². The molecule has 0 spiro atoms. The highest BCUT2D eigenvalue weighted by Gasteiger charge is 2.15. The zero-order valence-electron chi connectivity index (χ0n) is 15.2. The largest absolute Gasteiger partial charge is 0.354 e. The molecule has 1 aromatic carbocycles. The molecule has 1 N–H and O–H groups in total. The van der Waals surface area contributed by atoms with E-state index in [2.05, 4.69) is 53.1 Å².